The Balaban J connectivity index is 1.93. The number of aryl methyl sites for hydroxylation is 2. The zero-order valence-corrected chi connectivity index (χ0v) is 11.4. The third-order valence-electron chi connectivity index (χ3n) is 2.77. The van der Waals surface area contributed by atoms with Crippen LogP contribution in [0.1, 0.15) is 11.1 Å². The molecule has 1 aliphatic rings. The van der Waals surface area contributed by atoms with Gasteiger partial charge in [0.25, 0.3) is 10.1 Å². The number of carbonyl (C=O) groups excluding carboxylic acids is 1. The van der Waals surface area contributed by atoms with Gasteiger partial charge in [-0.1, -0.05) is 6.07 Å². The maximum atomic E-state index is 11.5. The molecule has 0 bridgehead atoms. The second-order valence-electron chi connectivity index (χ2n) is 4.35. The van der Waals surface area contributed by atoms with E-state index in [1.54, 1.807) is 12.1 Å². The number of hydrogen-bond acceptors (Lipinski definition) is 6. The summed E-state index contributed by atoms with van der Waals surface area (Å²) in [5, 5.41) is 0. The van der Waals surface area contributed by atoms with Gasteiger partial charge in [0.2, 0.25) is 0 Å². The second-order valence-corrected chi connectivity index (χ2v) is 6.03. The van der Waals surface area contributed by atoms with Gasteiger partial charge < -0.3 is 9.47 Å². The molecule has 104 valence electrons. The SMILES string of the molecule is Cc1ccc(OC(=O)OC2COS(=O)(=O)C2)cc1C. The van der Waals surface area contributed by atoms with E-state index >= 15 is 0 Å². The first-order valence-corrected chi connectivity index (χ1v) is 7.26. The Morgan fingerprint density at radius 3 is 2.63 bits per heavy atom. The van der Waals surface area contributed by atoms with E-state index in [0.717, 1.165) is 11.1 Å². The van der Waals surface area contributed by atoms with Crippen LogP contribution in [-0.4, -0.2) is 33.0 Å². The fourth-order valence-electron chi connectivity index (χ4n) is 1.61. The predicted molar refractivity (Wildman–Crippen MR) is 66.6 cm³/mol. The molecule has 1 unspecified atom stereocenters. The van der Waals surface area contributed by atoms with Crippen molar-refractivity contribution in [2.24, 2.45) is 0 Å². The molecule has 0 radical (unpaired) electrons. The quantitative estimate of drug-likeness (QED) is 0.466. The number of benzene rings is 1. The normalized spacial score (nSPS) is 21.1. The molecule has 1 aliphatic heterocycles. The van der Waals surface area contributed by atoms with Crippen molar-refractivity contribution in [2.75, 3.05) is 12.4 Å². The molecular weight excluding hydrogens is 272 g/mol. The van der Waals surface area contributed by atoms with E-state index in [0.29, 0.717) is 5.75 Å². The number of hydrogen-bond donors (Lipinski definition) is 0. The summed E-state index contributed by atoms with van der Waals surface area (Å²) < 4.78 is 36.3. The van der Waals surface area contributed by atoms with Crippen LogP contribution in [0.3, 0.4) is 0 Å². The van der Waals surface area contributed by atoms with Crippen LogP contribution in [0.5, 0.6) is 5.75 Å². The van der Waals surface area contributed by atoms with Crippen LogP contribution in [0.15, 0.2) is 18.2 Å². The molecule has 1 saturated heterocycles. The van der Waals surface area contributed by atoms with Gasteiger partial charge >= 0.3 is 6.16 Å². The molecule has 1 fully saturated rings. The fraction of sp³-hybridized carbons (Fsp3) is 0.417. The van der Waals surface area contributed by atoms with Gasteiger partial charge in [0.1, 0.15) is 24.2 Å². The van der Waals surface area contributed by atoms with E-state index in [-0.39, 0.29) is 12.4 Å². The first kappa shape index (κ1) is 13.8. The smallest absolute Gasteiger partial charge is 0.427 e. The zero-order chi connectivity index (χ0) is 14.0. The van der Waals surface area contributed by atoms with E-state index < -0.39 is 22.4 Å². The third kappa shape index (κ3) is 3.68. The molecule has 0 aliphatic carbocycles. The van der Waals surface area contributed by atoms with Crippen LogP contribution < -0.4 is 4.74 Å². The minimum Gasteiger partial charge on any atom is -0.427 e. The fourth-order valence-corrected chi connectivity index (χ4v) is 2.68. The lowest BCUT2D eigenvalue weighted by Gasteiger charge is -2.10. The predicted octanol–water partition coefficient (Wildman–Crippen LogP) is 1.55. The van der Waals surface area contributed by atoms with Crippen LogP contribution in [0, 0.1) is 13.8 Å². The van der Waals surface area contributed by atoms with Crippen LogP contribution in [0.25, 0.3) is 0 Å². The molecule has 1 atom stereocenters. The molecular formula is C12H14O6S. The van der Waals surface area contributed by atoms with Crippen molar-refractivity contribution in [3.63, 3.8) is 0 Å². The van der Waals surface area contributed by atoms with Gasteiger partial charge in [-0.3, -0.25) is 4.18 Å². The highest BCUT2D eigenvalue weighted by atomic mass is 32.2. The van der Waals surface area contributed by atoms with Gasteiger partial charge in [-0.15, -0.1) is 0 Å². The topological polar surface area (TPSA) is 78.9 Å². The number of ether oxygens (including phenoxy) is 2. The van der Waals surface area contributed by atoms with Crippen molar-refractivity contribution in [1.82, 2.24) is 0 Å². The largest absolute Gasteiger partial charge is 0.514 e. The summed E-state index contributed by atoms with van der Waals surface area (Å²) in [6, 6.07) is 5.17. The summed E-state index contributed by atoms with van der Waals surface area (Å²) in [5.74, 6) is 0.0181. The minimum absolute atomic E-state index is 0.162. The highest BCUT2D eigenvalue weighted by Crippen LogP contribution is 2.18. The molecule has 0 spiro atoms. The summed E-state index contributed by atoms with van der Waals surface area (Å²) in [5.41, 5.74) is 2.06. The van der Waals surface area contributed by atoms with Crippen molar-refractivity contribution >= 4 is 16.3 Å². The summed E-state index contributed by atoms with van der Waals surface area (Å²) in [4.78, 5) is 11.5. The van der Waals surface area contributed by atoms with Gasteiger partial charge in [-0.25, -0.2) is 4.79 Å². The maximum Gasteiger partial charge on any atom is 0.514 e. The van der Waals surface area contributed by atoms with E-state index in [1.807, 2.05) is 19.9 Å². The minimum atomic E-state index is -3.56. The highest BCUT2D eigenvalue weighted by Gasteiger charge is 2.32. The van der Waals surface area contributed by atoms with Gasteiger partial charge in [0.05, 0.1) is 0 Å². The molecule has 1 heterocycles. The molecule has 0 amide bonds. The number of carbonyl (C=O) groups is 1. The Labute approximate surface area is 111 Å². The van der Waals surface area contributed by atoms with Gasteiger partial charge in [0, 0.05) is 0 Å². The summed E-state index contributed by atoms with van der Waals surface area (Å²) >= 11 is 0. The number of rotatable bonds is 2. The Kier molecular flexibility index (Phi) is 3.77. The van der Waals surface area contributed by atoms with Gasteiger partial charge in [-0.05, 0) is 37.1 Å². The lowest BCUT2D eigenvalue weighted by Crippen LogP contribution is -2.23. The molecule has 19 heavy (non-hydrogen) atoms. The van der Waals surface area contributed by atoms with Crippen molar-refractivity contribution in [2.45, 2.75) is 20.0 Å². The molecule has 0 N–H and O–H groups in total. The van der Waals surface area contributed by atoms with E-state index in [4.69, 9.17) is 9.47 Å². The molecule has 0 saturated carbocycles. The third-order valence-corrected chi connectivity index (χ3v) is 4.04. The van der Waals surface area contributed by atoms with Crippen molar-refractivity contribution < 1.29 is 26.9 Å². The summed E-state index contributed by atoms with van der Waals surface area (Å²) in [7, 11) is -3.56. The first-order chi connectivity index (χ1) is 8.85. The first-order valence-electron chi connectivity index (χ1n) is 5.68. The zero-order valence-electron chi connectivity index (χ0n) is 10.6. The monoisotopic (exact) mass is 286 g/mol. The van der Waals surface area contributed by atoms with Crippen LogP contribution in [0.2, 0.25) is 0 Å². The molecule has 0 aromatic heterocycles. The molecule has 2 rings (SSSR count). The molecule has 7 heteroatoms. The van der Waals surface area contributed by atoms with Gasteiger partial charge in [0.15, 0.2) is 0 Å². The average Bonchev–Trinajstić information content (AvgIpc) is 2.63. The van der Waals surface area contributed by atoms with E-state index in [1.165, 1.54) is 0 Å². The van der Waals surface area contributed by atoms with Crippen LogP contribution in [0.4, 0.5) is 4.79 Å². The van der Waals surface area contributed by atoms with Crippen LogP contribution >= 0.6 is 0 Å². The maximum absolute atomic E-state index is 11.5. The van der Waals surface area contributed by atoms with Crippen molar-refractivity contribution in [3.8, 4) is 5.75 Å². The molecule has 1 aromatic rings. The molecule has 1 aromatic carbocycles. The van der Waals surface area contributed by atoms with Crippen molar-refractivity contribution in [1.29, 1.82) is 0 Å². The highest BCUT2D eigenvalue weighted by molar-refractivity contribution is 7.87. The average molecular weight is 286 g/mol. The molecule has 6 nitrogen and oxygen atoms in total. The lowest BCUT2D eigenvalue weighted by atomic mass is 10.1. The van der Waals surface area contributed by atoms with Crippen LogP contribution in [-0.2, 0) is 19.0 Å². The Bertz CT molecular complexity index is 592. The Hall–Kier alpha value is -1.60. The van der Waals surface area contributed by atoms with Gasteiger partial charge in [-0.2, -0.15) is 8.42 Å². The second kappa shape index (κ2) is 5.18. The van der Waals surface area contributed by atoms with E-state index in [2.05, 4.69) is 4.18 Å². The summed E-state index contributed by atoms with van der Waals surface area (Å²) in [6.07, 6.45) is -1.75. The van der Waals surface area contributed by atoms with E-state index in [9.17, 15) is 13.2 Å². The van der Waals surface area contributed by atoms with Crippen molar-refractivity contribution in [3.05, 3.63) is 29.3 Å². The summed E-state index contributed by atoms with van der Waals surface area (Å²) in [6.45, 7) is 3.67. The Morgan fingerprint density at radius 2 is 2.05 bits per heavy atom. The lowest BCUT2D eigenvalue weighted by molar-refractivity contribution is 0.0572. The standard InChI is InChI=1S/C12H14O6S/c1-8-3-4-10(5-9(8)2)17-12(13)18-11-6-16-19(14,15)7-11/h3-5,11H,6-7H2,1-2H3. The Morgan fingerprint density at radius 1 is 1.32 bits per heavy atom.